The maximum atomic E-state index is 12.7. The molecule has 0 saturated heterocycles. The summed E-state index contributed by atoms with van der Waals surface area (Å²) in [6.07, 6.45) is 1.79. The summed E-state index contributed by atoms with van der Waals surface area (Å²) in [5.74, 6) is 0.571. The lowest BCUT2D eigenvalue weighted by molar-refractivity contribution is -0.117. The molecule has 1 aliphatic rings. The van der Waals surface area contributed by atoms with Gasteiger partial charge in [-0.15, -0.1) is 0 Å². The Kier molecular flexibility index (Phi) is 4.23. The molecule has 1 fully saturated rings. The van der Waals surface area contributed by atoms with Crippen LogP contribution in [-0.2, 0) is 4.79 Å². The molecular weight excluding hydrogens is 346 g/mol. The normalized spacial score (nSPS) is 13.4. The molecule has 1 aromatic carbocycles. The molecule has 2 heterocycles. The van der Waals surface area contributed by atoms with E-state index in [4.69, 9.17) is 4.52 Å². The minimum absolute atomic E-state index is 0.0451. The van der Waals surface area contributed by atoms with Gasteiger partial charge in [0.25, 0.3) is 5.91 Å². The number of hydrogen-bond donors (Lipinski definition) is 2. The Labute approximate surface area is 155 Å². The largest absolute Gasteiger partial charge is 0.359 e. The quantitative estimate of drug-likeness (QED) is 0.723. The number of nitrogens with zero attached hydrogens (tertiary/aromatic N) is 3. The van der Waals surface area contributed by atoms with E-state index in [1.165, 1.54) is 0 Å². The Morgan fingerprint density at radius 1 is 1.15 bits per heavy atom. The second-order valence-electron chi connectivity index (χ2n) is 6.58. The fraction of sp³-hybridized carbons (Fsp3) is 0.263. The first-order valence-corrected chi connectivity index (χ1v) is 8.73. The third-order valence-corrected chi connectivity index (χ3v) is 4.41. The van der Waals surface area contributed by atoms with E-state index in [2.05, 4.69) is 20.9 Å². The Bertz CT molecular complexity index is 982. The first-order valence-electron chi connectivity index (χ1n) is 8.73. The molecule has 3 aromatic rings. The molecule has 2 amide bonds. The Morgan fingerprint density at radius 3 is 2.52 bits per heavy atom. The standard InChI is InChI=1S/C19H19N5O3/c1-11-17(12(2)27-23-11)21-19(26)15-10-16(20-18(25)13-8-9-13)24(22-15)14-6-4-3-5-7-14/h3-7,10,13H,8-9H2,1-2H3,(H,20,25)(H,21,26). The summed E-state index contributed by atoms with van der Waals surface area (Å²) in [5.41, 5.74) is 2.05. The van der Waals surface area contributed by atoms with E-state index in [0.717, 1.165) is 18.5 Å². The third-order valence-electron chi connectivity index (χ3n) is 4.41. The van der Waals surface area contributed by atoms with Crippen LogP contribution in [0.5, 0.6) is 0 Å². The number of carbonyl (C=O) groups is 2. The lowest BCUT2D eigenvalue weighted by Crippen LogP contribution is -2.16. The monoisotopic (exact) mass is 365 g/mol. The molecule has 0 bridgehead atoms. The average molecular weight is 365 g/mol. The van der Waals surface area contributed by atoms with E-state index < -0.39 is 5.91 Å². The van der Waals surface area contributed by atoms with Crippen LogP contribution in [-0.4, -0.2) is 26.8 Å². The van der Waals surface area contributed by atoms with Gasteiger partial charge in [0, 0.05) is 12.0 Å². The Balaban J connectivity index is 1.65. The number of aryl methyl sites for hydroxylation is 2. The first-order chi connectivity index (χ1) is 13.0. The van der Waals surface area contributed by atoms with E-state index in [9.17, 15) is 9.59 Å². The average Bonchev–Trinajstić information content (AvgIpc) is 3.38. The number of aromatic nitrogens is 3. The highest BCUT2D eigenvalue weighted by Gasteiger charge is 2.30. The predicted molar refractivity (Wildman–Crippen MR) is 98.8 cm³/mol. The lowest BCUT2D eigenvalue weighted by atomic mass is 10.3. The van der Waals surface area contributed by atoms with Gasteiger partial charge in [0.05, 0.1) is 5.69 Å². The maximum absolute atomic E-state index is 12.7. The van der Waals surface area contributed by atoms with Gasteiger partial charge in [-0.2, -0.15) is 5.10 Å². The van der Waals surface area contributed by atoms with Crippen LogP contribution in [0, 0.1) is 19.8 Å². The zero-order chi connectivity index (χ0) is 19.0. The molecule has 1 saturated carbocycles. The minimum atomic E-state index is -0.402. The number of para-hydroxylation sites is 1. The van der Waals surface area contributed by atoms with Crippen molar-refractivity contribution < 1.29 is 14.1 Å². The van der Waals surface area contributed by atoms with Gasteiger partial charge in [0.2, 0.25) is 5.91 Å². The zero-order valence-electron chi connectivity index (χ0n) is 15.0. The van der Waals surface area contributed by atoms with Crippen LogP contribution >= 0.6 is 0 Å². The van der Waals surface area contributed by atoms with E-state index in [0.29, 0.717) is 23.0 Å². The van der Waals surface area contributed by atoms with Gasteiger partial charge in [-0.3, -0.25) is 9.59 Å². The highest BCUT2D eigenvalue weighted by atomic mass is 16.5. The minimum Gasteiger partial charge on any atom is -0.359 e. The fourth-order valence-corrected chi connectivity index (χ4v) is 2.76. The summed E-state index contributed by atoms with van der Waals surface area (Å²) >= 11 is 0. The number of hydrogen-bond acceptors (Lipinski definition) is 5. The summed E-state index contributed by atoms with van der Waals surface area (Å²) in [5, 5.41) is 13.9. The molecule has 4 rings (SSSR count). The lowest BCUT2D eigenvalue weighted by Gasteiger charge is -2.08. The number of carbonyl (C=O) groups excluding carboxylic acids is 2. The van der Waals surface area contributed by atoms with Crippen molar-refractivity contribution in [3.05, 3.63) is 53.5 Å². The van der Waals surface area contributed by atoms with E-state index in [1.54, 1.807) is 24.6 Å². The third kappa shape index (κ3) is 3.46. The SMILES string of the molecule is Cc1noc(C)c1NC(=O)c1cc(NC(=O)C2CC2)n(-c2ccccc2)n1. The molecule has 0 unspecified atom stereocenters. The van der Waals surface area contributed by atoms with Crippen LogP contribution in [0.4, 0.5) is 11.5 Å². The van der Waals surface area contributed by atoms with Gasteiger partial charge in [0.15, 0.2) is 11.5 Å². The van der Waals surface area contributed by atoms with Crippen LogP contribution < -0.4 is 10.6 Å². The van der Waals surface area contributed by atoms with Crippen molar-refractivity contribution in [1.29, 1.82) is 0 Å². The van der Waals surface area contributed by atoms with Gasteiger partial charge in [-0.05, 0) is 38.8 Å². The van der Waals surface area contributed by atoms with Gasteiger partial charge in [-0.1, -0.05) is 23.4 Å². The van der Waals surface area contributed by atoms with E-state index in [1.807, 2.05) is 30.3 Å². The van der Waals surface area contributed by atoms with Crippen LogP contribution in [0.15, 0.2) is 40.9 Å². The van der Waals surface area contributed by atoms with Crippen molar-refractivity contribution in [2.75, 3.05) is 10.6 Å². The second-order valence-corrected chi connectivity index (χ2v) is 6.58. The second kappa shape index (κ2) is 6.71. The summed E-state index contributed by atoms with van der Waals surface area (Å²) in [6.45, 7) is 3.47. The molecular formula is C19H19N5O3. The predicted octanol–water partition coefficient (Wildman–Crippen LogP) is 3.08. The topological polar surface area (TPSA) is 102 Å². The van der Waals surface area contributed by atoms with Crippen LogP contribution in [0.3, 0.4) is 0 Å². The molecule has 138 valence electrons. The molecule has 2 N–H and O–H groups in total. The molecule has 2 aromatic heterocycles. The van der Waals surface area contributed by atoms with Crippen molar-refractivity contribution in [3.8, 4) is 5.69 Å². The molecule has 0 aliphatic heterocycles. The summed E-state index contributed by atoms with van der Waals surface area (Å²) in [6, 6.07) is 10.9. The molecule has 1 aliphatic carbocycles. The zero-order valence-corrected chi connectivity index (χ0v) is 15.0. The van der Waals surface area contributed by atoms with Gasteiger partial charge in [0.1, 0.15) is 17.2 Å². The summed E-state index contributed by atoms with van der Waals surface area (Å²) in [7, 11) is 0. The number of rotatable bonds is 5. The van der Waals surface area contributed by atoms with Crippen LogP contribution in [0.25, 0.3) is 5.69 Å². The van der Waals surface area contributed by atoms with E-state index in [-0.39, 0.29) is 17.5 Å². The van der Waals surface area contributed by atoms with E-state index >= 15 is 0 Å². The molecule has 0 radical (unpaired) electrons. The smallest absolute Gasteiger partial charge is 0.276 e. The van der Waals surface area contributed by atoms with Gasteiger partial charge in [-0.25, -0.2) is 4.68 Å². The van der Waals surface area contributed by atoms with Crippen LogP contribution in [0.2, 0.25) is 0 Å². The van der Waals surface area contributed by atoms with Crippen molar-refractivity contribution in [2.45, 2.75) is 26.7 Å². The molecule has 0 atom stereocenters. The van der Waals surface area contributed by atoms with Crippen molar-refractivity contribution in [3.63, 3.8) is 0 Å². The highest BCUT2D eigenvalue weighted by molar-refractivity contribution is 6.04. The molecule has 0 spiro atoms. The maximum Gasteiger partial charge on any atom is 0.276 e. The fourth-order valence-electron chi connectivity index (χ4n) is 2.76. The number of nitrogens with one attached hydrogen (secondary N) is 2. The van der Waals surface area contributed by atoms with Gasteiger partial charge >= 0.3 is 0 Å². The summed E-state index contributed by atoms with van der Waals surface area (Å²) < 4.78 is 6.63. The Hall–Kier alpha value is -3.42. The molecule has 27 heavy (non-hydrogen) atoms. The Morgan fingerprint density at radius 2 is 1.89 bits per heavy atom. The number of amides is 2. The summed E-state index contributed by atoms with van der Waals surface area (Å²) in [4.78, 5) is 24.9. The first kappa shape index (κ1) is 17.0. The molecule has 8 nitrogen and oxygen atoms in total. The highest BCUT2D eigenvalue weighted by Crippen LogP contribution is 2.31. The number of anilines is 2. The molecule has 8 heteroatoms. The number of benzene rings is 1. The van der Waals surface area contributed by atoms with Crippen molar-refractivity contribution in [2.24, 2.45) is 5.92 Å². The van der Waals surface area contributed by atoms with Crippen molar-refractivity contribution >= 4 is 23.3 Å². The van der Waals surface area contributed by atoms with Gasteiger partial charge < -0.3 is 15.2 Å². The van der Waals surface area contributed by atoms with Crippen molar-refractivity contribution in [1.82, 2.24) is 14.9 Å². The van der Waals surface area contributed by atoms with Crippen LogP contribution in [0.1, 0.15) is 34.8 Å².